The SMILES string of the molecule is Oc1cc(-c2ncc3c(N4CC5CCC(C4)N5)nc(OCC45CCCN4C4COCC4C5)nc3c2F)c2c(F)c(F)ccc2c1. The minimum absolute atomic E-state index is 0.0170. The van der Waals surface area contributed by atoms with Gasteiger partial charge in [0.25, 0.3) is 0 Å². The number of hydrogen-bond acceptors (Lipinski definition) is 9. The molecule has 0 aliphatic carbocycles. The normalized spacial score (nSPS) is 29.2. The van der Waals surface area contributed by atoms with Gasteiger partial charge < -0.3 is 24.8 Å². The van der Waals surface area contributed by atoms with E-state index in [4.69, 9.17) is 14.5 Å². The summed E-state index contributed by atoms with van der Waals surface area (Å²) in [4.78, 5) is 18.5. The van der Waals surface area contributed by atoms with Gasteiger partial charge in [0.05, 0.1) is 24.1 Å². The van der Waals surface area contributed by atoms with Crippen LogP contribution in [-0.4, -0.2) is 88.1 Å². The van der Waals surface area contributed by atoms with E-state index in [2.05, 4.69) is 25.1 Å². The number of rotatable bonds is 5. The van der Waals surface area contributed by atoms with Gasteiger partial charge in [0, 0.05) is 54.3 Å². The smallest absolute Gasteiger partial charge is 0.319 e. The van der Waals surface area contributed by atoms with Crippen molar-refractivity contribution in [3.8, 4) is 23.0 Å². The van der Waals surface area contributed by atoms with Crippen LogP contribution in [-0.2, 0) is 4.74 Å². The third kappa shape index (κ3) is 4.29. The average Bonchev–Trinajstić information content (AvgIpc) is 3.79. The number of anilines is 1. The Kier molecular flexibility index (Phi) is 6.21. The summed E-state index contributed by atoms with van der Waals surface area (Å²) in [5.41, 5.74) is -0.454. The highest BCUT2D eigenvalue weighted by atomic mass is 19.2. The Balaban J connectivity index is 1.16. The second-order valence-electron chi connectivity index (χ2n) is 13.4. The van der Waals surface area contributed by atoms with Crippen molar-refractivity contribution in [1.29, 1.82) is 0 Å². The molecule has 2 aromatic heterocycles. The number of fused-ring (bicyclic) bond motifs is 7. The third-order valence-corrected chi connectivity index (χ3v) is 10.7. The Labute approximate surface area is 257 Å². The molecule has 4 aromatic rings. The first-order chi connectivity index (χ1) is 21.9. The molecule has 5 aliphatic heterocycles. The molecule has 5 unspecified atom stereocenters. The maximum absolute atomic E-state index is 16.7. The Morgan fingerprint density at radius 1 is 1.07 bits per heavy atom. The molecule has 2 aromatic carbocycles. The van der Waals surface area contributed by atoms with Gasteiger partial charge in [-0.2, -0.15) is 9.97 Å². The lowest BCUT2D eigenvalue weighted by molar-refractivity contribution is 0.0582. The van der Waals surface area contributed by atoms with Crippen LogP contribution in [0.25, 0.3) is 32.9 Å². The number of nitrogens with one attached hydrogen (secondary N) is 1. The van der Waals surface area contributed by atoms with Crippen LogP contribution in [0, 0.1) is 23.4 Å². The highest BCUT2D eigenvalue weighted by molar-refractivity contribution is 6.00. The molecule has 9 rings (SSSR count). The second kappa shape index (κ2) is 10.1. The van der Waals surface area contributed by atoms with Gasteiger partial charge in [0.15, 0.2) is 17.5 Å². The lowest BCUT2D eigenvalue weighted by Gasteiger charge is -2.35. The maximum atomic E-state index is 16.7. The standard InChI is InChI=1S/C33H33F3N6O3/c34-24-5-2-17-8-21(43)9-22(26(17)27(24)35)29-28(36)30-23(11-37-29)31(41-12-19-3-4-20(13-41)38-19)40-32(39-30)45-16-33-6-1-7-42(33)25-15-44-14-18(25)10-33/h2,5,8-9,11,18-20,25,38,43H,1,3-4,6-7,10,12-16H2. The minimum Gasteiger partial charge on any atom is -0.508 e. The Morgan fingerprint density at radius 3 is 2.76 bits per heavy atom. The zero-order chi connectivity index (χ0) is 30.4. The van der Waals surface area contributed by atoms with Gasteiger partial charge in [-0.05, 0) is 62.2 Å². The molecule has 5 aliphatic rings. The highest BCUT2D eigenvalue weighted by Gasteiger charge is 2.56. The van der Waals surface area contributed by atoms with Crippen LogP contribution in [0.2, 0.25) is 0 Å². The number of benzene rings is 2. The van der Waals surface area contributed by atoms with E-state index in [1.54, 1.807) is 0 Å². The number of halogens is 3. The molecule has 0 saturated carbocycles. The Morgan fingerprint density at radius 2 is 1.91 bits per heavy atom. The first-order valence-corrected chi connectivity index (χ1v) is 15.8. The molecule has 234 valence electrons. The van der Waals surface area contributed by atoms with Gasteiger partial charge in [-0.1, -0.05) is 6.07 Å². The summed E-state index contributed by atoms with van der Waals surface area (Å²) >= 11 is 0. The number of phenolic OH excluding ortho intramolecular Hbond substituents is 1. The number of phenols is 1. The van der Waals surface area contributed by atoms with E-state index >= 15 is 8.78 Å². The molecule has 7 heterocycles. The molecule has 12 heteroatoms. The van der Waals surface area contributed by atoms with E-state index in [1.165, 1.54) is 24.4 Å². The molecule has 5 atom stereocenters. The van der Waals surface area contributed by atoms with Crippen molar-refractivity contribution in [2.45, 2.75) is 55.8 Å². The van der Waals surface area contributed by atoms with E-state index in [1.807, 2.05) is 0 Å². The van der Waals surface area contributed by atoms with Crippen molar-refractivity contribution < 1.29 is 27.8 Å². The zero-order valence-corrected chi connectivity index (χ0v) is 24.6. The van der Waals surface area contributed by atoms with Crippen LogP contribution in [0.3, 0.4) is 0 Å². The molecular weight excluding hydrogens is 585 g/mol. The van der Waals surface area contributed by atoms with Crippen LogP contribution < -0.4 is 15.0 Å². The Bertz CT molecular complexity index is 1850. The quantitative estimate of drug-likeness (QED) is 0.334. The molecule has 9 nitrogen and oxygen atoms in total. The summed E-state index contributed by atoms with van der Waals surface area (Å²) < 4.78 is 58.3. The summed E-state index contributed by atoms with van der Waals surface area (Å²) in [6.45, 7) is 4.30. The van der Waals surface area contributed by atoms with E-state index in [9.17, 15) is 9.50 Å². The fourth-order valence-corrected chi connectivity index (χ4v) is 8.78. The van der Waals surface area contributed by atoms with Gasteiger partial charge in [0.1, 0.15) is 29.4 Å². The van der Waals surface area contributed by atoms with Crippen molar-refractivity contribution in [3.05, 3.63) is 47.9 Å². The fourth-order valence-electron chi connectivity index (χ4n) is 8.78. The summed E-state index contributed by atoms with van der Waals surface area (Å²) in [5.74, 6) is -2.23. The van der Waals surface area contributed by atoms with Gasteiger partial charge in [-0.25, -0.2) is 13.2 Å². The number of piperazine rings is 1. The number of hydrogen-bond donors (Lipinski definition) is 2. The molecule has 0 spiro atoms. The van der Waals surface area contributed by atoms with Crippen molar-refractivity contribution in [1.82, 2.24) is 25.2 Å². The number of aromatic hydroxyl groups is 1. The van der Waals surface area contributed by atoms with Gasteiger partial charge in [-0.15, -0.1) is 0 Å². The summed E-state index contributed by atoms with van der Waals surface area (Å²) in [6.07, 6.45) is 6.67. The summed E-state index contributed by atoms with van der Waals surface area (Å²) in [6, 6.07) is 5.90. The topological polar surface area (TPSA) is 95.9 Å². The van der Waals surface area contributed by atoms with E-state index in [0.29, 0.717) is 54.9 Å². The predicted octanol–water partition coefficient (Wildman–Crippen LogP) is 4.54. The zero-order valence-electron chi connectivity index (χ0n) is 24.6. The average molecular weight is 619 g/mol. The number of aromatic nitrogens is 3. The van der Waals surface area contributed by atoms with E-state index in [0.717, 1.165) is 57.9 Å². The number of ether oxygens (including phenoxy) is 2. The lowest BCUT2D eigenvalue weighted by Crippen LogP contribution is -2.51. The molecule has 5 saturated heterocycles. The van der Waals surface area contributed by atoms with Crippen molar-refractivity contribution in [2.75, 3.05) is 44.4 Å². The number of nitrogens with zero attached hydrogens (tertiary/aromatic N) is 5. The number of pyridine rings is 1. The first-order valence-electron chi connectivity index (χ1n) is 15.8. The van der Waals surface area contributed by atoms with Crippen molar-refractivity contribution >= 4 is 27.5 Å². The monoisotopic (exact) mass is 618 g/mol. The predicted molar refractivity (Wildman–Crippen MR) is 161 cm³/mol. The fraction of sp³-hybridized carbons (Fsp3) is 0.485. The van der Waals surface area contributed by atoms with Crippen molar-refractivity contribution in [2.24, 2.45) is 5.92 Å². The molecular formula is C33H33F3N6O3. The van der Waals surface area contributed by atoms with Gasteiger partial charge in [0.2, 0.25) is 0 Å². The first kappa shape index (κ1) is 27.6. The van der Waals surface area contributed by atoms with Crippen LogP contribution in [0.1, 0.15) is 32.1 Å². The maximum Gasteiger partial charge on any atom is 0.319 e. The largest absolute Gasteiger partial charge is 0.508 e. The van der Waals surface area contributed by atoms with E-state index in [-0.39, 0.29) is 44.8 Å². The van der Waals surface area contributed by atoms with Crippen LogP contribution >= 0.6 is 0 Å². The lowest BCUT2D eigenvalue weighted by atomic mass is 9.90. The van der Waals surface area contributed by atoms with Gasteiger partial charge in [-0.3, -0.25) is 9.88 Å². The molecule has 0 radical (unpaired) electrons. The van der Waals surface area contributed by atoms with Crippen LogP contribution in [0.5, 0.6) is 11.8 Å². The molecule has 0 amide bonds. The highest BCUT2D eigenvalue weighted by Crippen LogP contribution is 2.48. The molecule has 2 N–H and O–H groups in total. The third-order valence-electron chi connectivity index (χ3n) is 10.7. The Hall–Kier alpha value is -3.74. The second-order valence-corrected chi connectivity index (χ2v) is 13.4. The molecule has 5 fully saturated rings. The van der Waals surface area contributed by atoms with Crippen LogP contribution in [0.15, 0.2) is 30.5 Å². The molecule has 45 heavy (non-hydrogen) atoms. The van der Waals surface area contributed by atoms with Gasteiger partial charge >= 0.3 is 6.01 Å². The van der Waals surface area contributed by atoms with E-state index < -0.39 is 17.5 Å². The van der Waals surface area contributed by atoms with Crippen LogP contribution in [0.4, 0.5) is 19.0 Å². The minimum atomic E-state index is -1.14. The summed E-state index contributed by atoms with van der Waals surface area (Å²) in [7, 11) is 0. The molecule has 2 bridgehead atoms. The van der Waals surface area contributed by atoms with Crippen molar-refractivity contribution in [3.63, 3.8) is 0 Å². The summed E-state index contributed by atoms with van der Waals surface area (Å²) in [5, 5.41) is 14.5.